The number of amides is 1. The average molecular weight is 377 g/mol. The minimum Gasteiger partial charge on any atom is -0.324 e. The topological polar surface area (TPSA) is 42.0 Å². The average Bonchev–Trinajstić information content (AvgIpc) is 2.68. The standard InChI is InChI=1S/C23H21ClN2O/c1-2-5-17(16-18-9-12-20(24)13-10-18)11-14-22(27)26-21-8-3-6-19-7-4-15-25-23(19)21/h2-4,6-10,12-13,15-16H,1,5,11,14H2,(H,26,27). The zero-order chi connectivity index (χ0) is 19.1. The van der Waals surface area contributed by atoms with Crippen LogP contribution in [-0.4, -0.2) is 10.9 Å². The first kappa shape index (κ1) is 18.9. The fourth-order valence-electron chi connectivity index (χ4n) is 2.91. The van der Waals surface area contributed by atoms with Crippen LogP contribution in [0.4, 0.5) is 5.69 Å². The van der Waals surface area contributed by atoms with E-state index in [-0.39, 0.29) is 5.91 Å². The predicted molar refractivity (Wildman–Crippen MR) is 114 cm³/mol. The van der Waals surface area contributed by atoms with Crippen molar-refractivity contribution in [1.29, 1.82) is 0 Å². The summed E-state index contributed by atoms with van der Waals surface area (Å²) < 4.78 is 0. The number of nitrogens with one attached hydrogen (secondary N) is 1. The summed E-state index contributed by atoms with van der Waals surface area (Å²) in [6.07, 6.45) is 7.48. The molecular weight excluding hydrogens is 356 g/mol. The number of hydrogen-bond acceptors (Lipinski definition) is 2. The Balaban J connectivity index is 1.67. The Morgan fingerprint density at radius 2 is 1.85 bits per heavy atom. The van der Waals surface area contributed by atoms with E-state index in [0.29, 0.717) is 17.9 Å². The molecule has 27 heavy (non-hydrogen) atoms. The largest absolute Gasteiger partial charge is 0.324 e. The van der Waals surface area contributed by atoms with Crippen molar-refractivity contribution in [3.05, 3.63) is 89.6 Å². The number of hydrogen-bond donors (Lipinski definition) is 1. The molecule has 3 aromatic rings. The summed E-state index contributed by atoms with van der Waals surface area (Å²) in [6.45, 7) is 3.81. The van der Waals surface area contributed by atoms with Gasteiger partial charge in [0.2, 0.25) is 5.91 Å². The lowest BCUT2D eigenvalue weighted by molar-refractivity contribution is -0.116. The Bertz CT molecular complexity index is 972. The van der Waals surface area contributed by atoms with Gasteiger partial charge in [-0.2, -0.15) is 0 Å². The molecule has 1 amide bonds. The summed E-state index contributed by atoms with van der Waals surface area (Å²) in [6, 6.07) is 17.3. The van der Waals surface area contributed by atoms with E-state index in [2.05, 4.69) is 23.0 Å². The molecule has 1 heterocycles. The maximum absolute atomic E-state index is 12.5. The first-order chi connectivity index (χ1) is 13.2. The van der Waals surface area contributed by atoms with E-state index >= 15 is 0 Å². The molecule has 0 spiro atoms. The lowest BCUT2D eigenvalue weighted by Crippen LogP contribution is -2.12. The lowest BCUT2D eigenvalue weighted by Gasteiger charge is -2.09. The number of halogens is 1. The maximum Gasteiger partial charge on any atom is 0.224 e. The van der Waals surface area contributed by atoms with Gasteiger partial charge in [-0.1, -0.05) is 59.7 Å². The molecule has 1 aromatic heterocycles. The van der Waals surface area contributed by atoms with Gasteiger partial charge in [0.15, 0.2) is 0 Å². The second-order valence-electron chi connectivity index (χ2n) is 6.28. The van der Waals surface area contributed by atoms with Crippen molar-refractivity contribution < 1.29 is 4.79 Å². The molecule has 2 aromatic carbocycles. The van der Waals surface area contributed by atoms with E-state index in [0.717, 1.165) is 34.1 Å². The van der Waals surface area contributed by atoms with Gasteiger partial charge in [-0.15, -0.1) is 6.58 Å². The van der Waals surface area contributed by atoms with Gasteiger partial charge in [-0.05, 0) is 42.7 Å². The van der Waals surface area contributed by atoms with Gasteiger partial charge in [0.1, 0.15) is 0 Å². The normalized spacial score (nSPS) is 11.4. The highest BCUT2D eigenvalue weighted by Crippen LogP contribution is 2.22. The number of rotatable bonds is 7. The molecule has 0 atom stereocenters. The highest BCUT2D eigenvalue weighted by atomic mass is 35.5. The van der Waals surface area contributed by atoms with E-state index in [9.17, 15) is 4.79 Å². The van der Waals surface area contributed by atoms with Crippen LogP contribution in [0.3, 0.4) is 0 Å². The van der Waals surface area contributed by atoms with Crippen LogP contribution in [0.25, 0.3) is 17.0 Å². The second kappa shape index (κ2) is 9.15. The lowest BCUT2D eigenvalue weighted by atomic mass is 10.0. The fraction of sp³-hybridized carbons (Fsp3) is 0.130. The van der Waals surface area contributed by atoms with Crippen LogP contribution >= 0.6 is 11.6 Å². The number of para-hydroxylation sites is 1. The van der Waals surface area contributed by atoms with Crippen molar-refractivity contribution in [2.45, 2.75) is 19.3 Å². The second-order valence-corrected chi connectivity index (χ2v) is 6.71. The van der Waals surface area contributed by atoms with Crippen LogP contribution < -0.4 is 5.32 Å². The quantitative estimate of drug-likeness (QED) is 0.494. The van der Waals surface area contributed by atoms with Crippen LogP contribution in [0.5, 0.6) is 0 Å². The van der Waals surface area contributed by atoms with E-state index in [1.165, 1.54) is 0 Å². The van der Waals surface area contributed by atoms with Crippen molar-refractivity contribution >= 4 is 40.2 Å². The number of nitrogens with zero attached hydrogens (tertiary/aromatic N) is 1. The number of benzene rings is 2. The Kier molecular flexibility index (Phi) is 6.39. The Morgan fingerprint density at radius 1 is 1.07 bits per heavy atom. The van der Waals surface area contributed by atoms with Crippen molar-refractivity contribution in [3.8, 4) is 0 Å². The highest BCUT2D eigenvalue weighted by Gasteiger charge is 2.08. The van der Waals surface area contributed by atoms with Crippen molar-refractivity contribution in [1.82, 2.24) is 4.98 Å². The molecular formula is C23H21ClN2O. The van der Waals surface area contributed by atoms with Gasteiger partial charge in [0.25, 0.3) is 0 Å². The van der Waals surface area contributed by atoms with Gasteiger partial charge in [-0.3, -0.25) is 9.78 Å². The number of fused-ring (bicyclic) bond motifs is 1. The van der Waals surface area contributed by atoms with Crippen LogP contribution in [0.15, 0.2) is 79.0 Å². The Hall–Kier alpha value is -2.91. The molecule has 0 aliphatic heterocycles. The first-order valence-electron chi connectivity index (χ1n) is 8.85. The van der Waals surface area contributed by atoms with Crippen LogP contribution in [0.2, 0.25) is 5.02 Å². The summed E-state index contributed by atoms with van der Waals surface area (Å²) >= 11 is 5.94. The van der Waals surface area contributed by atoms with E-state index in [1.807, 2.05) is 60.7 Å². The molecule has 0 fully saturated rings. The number of carbonyl (C=O) groups is 1. The SMILES string of the molecule is C=CCC(=Cc1ccc(Cl)cc1)CCC(=O)Nc1cccc2cccnc12. The summed E-state index contributed by atoms with van der Waals surface area (Å²) in [4.78, 5) is 16.8. The maximum atomic E-state index is 12.5. The molecule has 0 bridgehead atoms. The van der Waals surface area contributed by atoms with Crippen LogP contribution in [0.1, 0.15) is 24.8 Å². The molecule has 3 nitrogen and oxygen atoms in total. The zero-order valence-electron chi connectivity index (χ0n) is 15.0. The summed E-state index contributed by atoms with van der Waals surface area (Å²) in [5.74, 6) is -0.0285. The molecule has 0 aliphatic carbocycles. The molecule has 3 rings (SSSR count). The van der Waals surface area contributed by atoms with Crippen LogP contribution in [0, 0.1) is 0 Å². The minimum absolute atomic E-state index is 0.0285. The van der Waals surface area contributed by atoms with Gasteiger partial charge in [0, 0.05) is 23.0 Å². The number of pyridine rings is 1. The molecule has 0 saturated carbocycles. The third kappa shape index (κ3) is 5.28. The van der Waals surface area contributed by atoms with E-state index < -0.39 is 0 Å². The predicted octanol–water partition coefficient (Wildman–Crippen LogP) is 6.27. The molecule has 136 valence electrons. The number of carbonyl (C=O) groups excluding carboxylic acids is 1. The molecule has 0 aliphatic rings. The van der Waals surface area contributed by atoms with Gasteiger partial charge >= 0.3 is 0 Å². The molecule has 4 heteroatoms. The number of aromatic nitrogens is 1. The molecule has 1 N–H and O–H groups in total. The monoisotopic (exact) mass is 376 g/mol. The van der Waals surface area contributed by atoms with E-state index in [4.69, 9.17) is 11.6 Å². The third-order valence-electron chi connectivity index (χ3n) is 4.23. The van der Waals surface area contributed by atoms with Crippen molar-refractivity contribution in [2.75, 3.05) is 5.32 Å². The van der Waals surface area contributed by atoms with Crippen molar-refractivity contribution in [2.24, 2.45) is 0 Å². The first-order valence-corrected chi connectivity index (χ1v) is 9.23. The molecule has 0 unspecified atom stereocenters. The van der Waals surface area contributed by atoms with Crippen molar-refractivity contribution in [3.63, 3.8) is 0 Å². The molecule has 0 radical (unpaired) electrons. The number of anilines is 1. The smallest absolute Gasteiger partial charge is 0.224 e. The Morgan fingerprint density at radius 3 is 2.63 bits per heavy atom. The van der Waals surface area contributed by atoms with E-state index in [1.54, 1.807) is 6.20 Å². The summed E-state index contributed by atoms with van der Waals surface area (Å²) in [5.41, 5.74) is 3.76. The summed E-state index contributed by atoms with van der Waals surface area (Å²) in [7, 11) is 0. The third-order valence-corrected chi connectivity index (χ3v) is 4.48. The van der Waals surface area contributed by atoms with Crippen LogP contribution in [-0.2, 0) is 4.79 Å². The zero-order valence-corrected chi connectivity index (χ0v) is 15.7. The van der Waals surface area contributed by atoms with Gasteiger partial charge in [-0.25, -0.2) is 0 Å². The molecule has 0 saturated heterocycles. The highest BCUT2D eigenvalue weighted by molar-refractivity contribution is 6.30. The Labute approximate surface area is 164 Å². The van der Waals surface area contributed by atoms with Gasteiger partial charge < -0.3 is 5.32 Å². The minimum atomic E-state index is -0.0285. The van der Waals surface area contributed by atoms with Gasteiger partial charge in [0.05, 0.1) is 11.2 Å². The summed E-state index contributed by atoms with van der Waals surface area (Å²) in [5, 5.41) is 4.70. The number of allylic oxidation sites excluding steroid dienone is 2. The fourth-order valence-corrected chi connectivity index (χ4v) is 3.03.